The fourth-order valence-electron chi connectivity index (χ4n) is 2.50. The number of aliphatic carboxylic acids is 1. The predicted molar refractivity (Wildman–Crippen MR) is 76.3 cm³/mol. The van der Waals surface area contributed by atoms with E-state index in [1.165, 1.54) is 0 Å². The number of hydrogen-bond donors (Lipinski definition) is 2. The summed E-state index contributed by atoms with van der Waals surface area (Å²) in [5.74, 6) is -0.866. The first-order valence-electron chi connectivity index (χ1n) is 6.71. The topological polar surface area (TPSA) is 101 Å². The lowest BCUT2D eigenvalue weighted by atomic mass is 10.0. The molecule has 2 heterocycles. The maximum atomic E-state index is 12.2. The molecule has 0 fully saturated rings. The van der Waals surface area contributed by atoms with E-state index in [1.54, 1.807) is 23.9 Å². The number of aryl methyl sites for hydroxylation is 1. The first-order valence-corrected chi connectivity index (χ1v) is 6.71. The second-order valence-corrected chi connectivity index (χ2v) is 5.02. The maximum Gasteiger partial charge on any atom is 0.348 e. The lowest BCUT2D eigenvalue weighted by Gasteiger charge is -2.20. The average molecular weight is 290 g/mol. The Bertz CT molecular complexity index is 704. The average Bonchev–Trinajstić information content (AvgIpc) is 2.91. The highest BCUT2D eigenvalue weighted by atomic mass is 16.4. The van der Waals surface area contributed by atoms with Crippen molar-refractivity contribution in [1.82, 2.24) is 19.7 Å². The van der Waals surface area contributed by atoms with Gasteiger partial charge >= 0.3 is 11.7 Å². The number of carboxylic acid groups (broad SMARTS) is 1. The van der Waals surface area contributed by atoms with Crippen LogP contribution in [-0.4, -0.2) is 30.8 Å². The number of carbonyl (C=O) groups is 1. The molecule has 112 valence electrons. The summed E-state index contributed by atoms with van der Waals surface area (Å²) in [7, 11) is 0. The van der Waals surface area contributed by atoms with Crippen LogP contribution in [0.1, 0.15) is 41.9 Å². The monoisotopic (exact) mass is 290 g/mol. The number of nitrogens with zero attached hydrogens (tertiary/aromatic N) is 3. The van der Waals surface area contributed by atoms with Crippen LogP contribution in [0.4, 0.5) is 0 Å². The van der Waals surface area contributed by atoms with E-state index in [9.17, 15) is 9.59 Å². The molecule has 0 amide bonds. The van der Waals surface area contributed by atoms with Crippen LogP contribution in [0.25, 0.3) is 0 Å². The quantitative estimate of drug-likeness (QED) is 0.862. The van der Waals surface area contributed by atoms with Crippen LogP contribution in [0.5, 0.6) is 0 Å². The van der Waals surface area contributed by atoms with Crippen molar-refractivity contribution in [3.8, 4) is 0 Å². The Morgan fingerprint density at radius 3 is 2.76 bits per heavy atom. The molecule has 2 N–H and O–H groups in total. The third-order valence-electron chi connectivity index (χ3n) is 3.68. The first-order chi connectivity index (χ1) is 9.91. The highest BCUT2D eigenvalue weighted by molar-refractivity contribution is 5.67. The van der Waals surface area contributed by atoms with Gasteiger partial charge < -0.3 is 5.11 Å². The van der Waals surface area contributed by atoms with E-state index in [-0.39, 0.29) is 18.2 Å². The zero-order valence-corrected chi connectivity index (χ0v) is 12.3. The Balaban J connectivity index is 2.48. The molecule has 0 saturated heterocycles. The Labute approximate surface area is 121 Å². The highest BCUT2D eigenvalue weighted by Crippen LogP contribution is 2.20. The van der Waals surface area contributed by atoms with Gasteiger partial charge in [-0.25, -0.2) is 4.79 Å². The highest BCUT2D eigenvalue weighted by Gasteiger charge is 2.18. The molecule has 0 aromatic carbocycles. The third-order valence-corrected chi connectivity index (χ3v) is 3.68. The van der Waals surface area contributed by atoms with Gasteiger partial charge in [-0.1, -0.05) is 0 Å². The third kappa shape index (κ3) is 3.01. The van der Waals surface area contributed by atoms with Crippen molar-refractivity contribution in [2.24, 2.45) is 0 Å². The van der Waals surface area contributed by atoms with Crippen molar-refractivity contribution in [2.75, 3.05) is 0 Å². The largest absolute Gasteiger partial charge is 0.481 e. The van der Waals surface area contributed by atoms with Gasteiger partial charge in [0.15, 0.2) is 0 Å². The van der Waals surface area contributed by atoms with Gasteiger partial charge in [0, 0.05) is 29.6 Å². The number of carboxylic acids is 1. The van der Waals surface area contributed by atoms with Crippen LogP contribution in [0, 0.1) is 13.8 Å². The molecule has 0 spiro atoms. The first kappa shape index (κ1) is 15.0. The molecule has 1 atom stereocenters. The minimum absolute atomic E-state index is 0.0155. The van der Waals surface area contributed by atoms with Gasteiger partial charge in [-0.3, -0.25) is 14.5 Å². The minimum Gasteiger partial charge on any atom is -0.481 e. The fraction of sp³-hybridized carbons (Fsp3) is 0.429. The van der Waals surface area contributed by atoms with E-state index in [2.05, 4.69) is 15.2 Å². The van der Waals surface area contributed by atoms with Gasteiger partial charge in [0.1, 0.15) is 0 Å². The number of hydrogen-bond acceptors (Lipinski definition) is 4. The summed E-state index contributed by atoms with van der Waals surface area (Å²) in [6, 6.07) is -0.215. The van der Waals surface area contributed by atoms with Gasteiger partial charge in [-0.2, -0.15) is 10.1 Å². The molecule has 0 saturated carbocycles. The summed E-state index contributed by atoms with van der Waals surface area (Å²) < 4.78 is 1.58. The summed E-state index contributed by atoms with van der Waals surface area (Å²) in [6.45, 7) is 5.44. The summed E-state index contributed by atoms with van der Waals surface area (Å²) in [6.07, 6.45) is 3.76. The van der Waals surface area contributed by atoms with Crippen molar-refractivity contribution in [1.29, 1.82) is 0 Å². The molecule has 2 rings (SSSR count). The molecule has 0 aliphatic carbocycles. The fourth-order valence-corrected chi connectivity index (χ4v) is 2.50. The van der Waals surface area contributed by atoms with E-state index in [0.29, 0.717) is 12.1 Å². The molecule has 2 aromatic heterocycles. The van der Waals surface area contributed by atoms with Crippen molar-refractivity contribution in [3.05, 3.63) is 45.4 Å². The normalized spacial score (nSPS) is 12.3. The zero-order chi connectivity index (χ0) is 15.6. The van der Waals surface area contributed by atoms with Crippen molar-refractivity contribution in [3.63, 3.8) is 0 Å². The maximum absolute atomic E-state index is 12.2. The Morgan fingerprint density at radius 1 is 1.48 bits per heavy atom. The minimum atomic E-state index is -0.866. The molecule has 0 radical (unpaired) electrons. The predicted octanol–water partition coefficient (Wildman–Crippen LogP) is 1.21. The number of rotatable bonds is 5. The van der Waals surface area contributed by atoms with E-state index in [4.69, 9.17) is 5.11 Å². The molecule has 2 aromatic rings. The second kappa shape index (κ2) is 5.90. The van der Waals surface area contributed by atoms with Gasteiger partial charge in [0.05, 0.1) is 12.2 Å². The van der Waals surface area contributed by atoms with E-state index in [0.717, 1.165) is 16.8 Å². The van der Waals surface area contributed by atoms with Gasteiger partial charge in [-0.15, -0.1) is 0 Å². The molecule has 0 aliphatic heterocycles. The van der Waals surface area contributed by atoms with Gasteiger partial charge in [0.2, 0.25) is 0 Å². The lowest BCUT2D eigenvalue weighted by Crippen LogP contribution is -2.30. The Morgan fingerprint density at radius 2 is 2.19 bits per heavy atom. The molecule has 7 nitrogen and oxygen atoms in total. The number of H-pyrrole nitrogens is 1. The number of aromatic nitrogens is 4. The zero-order valence-electron chi connectivity index (χ0n) is 12.3. The smallest absolute Gasteiger partial charge is 0.348 e. The van der Waals surface area contributed by atoms with Crippen molar-refractivity contribution in [2.45, 2.75) is 39.7 Å². The molecule has 0 bridgehead atoms. The Kier molecular flexibility index (Phi) is 4.21. The number of aromatic amines is 1. The molecule has 21 heavy (non-hydrogen) atoms. The van der Waals surface area contributed by atoms with Crippen LogP contribution in [0.3, 0.4) is 0 Å². The molecule has 7 heteroatoms. The molecule has 0 aliphatic rings. The van der Waals surface area contributed by atoms with Crippen LogP contribution >= 0.6 is 0 Å². The van der Waals surface area contributed by atoms with Crippen LogP contribution in [0.2, 0.25) is 0 Å². The van der Waals surface area contributed by atoms with E-state index in [1.807, 2.05) is 13.8 Å². The van der Waals surface area contributed by atoms with E-state index >= 15 is 0 Å². The standard InChI is InChI=1S/C14H18N4O3/c1-8-12(4-5-13(19)20)10(3)18(14(21)17-8)9(2)11-6-15-16-7-11/h6-7,9H,4-5H2,1-3H3,(H,15,16)(H,19,20). The molecular formula is C14H18N4O3. The SMILES string of the molecule is Cc1nc(=O)n(C(C)c2cn[nH]c2)c(C)c1CCC(=O)O. The summed E-state index contributed by atoms with van der Waals surface area (Å²) >= 11 is 0. The second-order valence-electron chi connectivity index (χ2n) is 5.02. The molecule has 1 unspecified atom stereocenters. The van der Waals surface area contributed by atoms with Crippen LogP contribution in [0.15, 0.2) is 17.2 Å². The summed E-state index contributed by atoms with van der Waals surface area (Å²) in [4.78, 5) is 27.0. The Hall–Kier alpha value is -2.44. The summed E-state index contributed by atoms with van der Waals surface area (Å²) in [5, 5.41) is 15.4. The van der Waals surface area contributed by atoms with Crippen molar-refractivity contribution < 1.29 is 9.90 Å². The summed E-state index contributed by atoms with van der Waals surface area (Å²) in [5.41, 5.74) is 2.69. The van der Waals surface area contributed by atoms with Crippen LogP contribution < -0.4 is 5.69 Å². The molecular weight excluding hydrogens is 272 g/mol. The lowest BCUT2D eigenvalue weighted by molar-refractivity contribution is -0.136. The van der Waals surface area contributed by atoms with Gasteiger partial charge in [-0.05, 0) is 32.8 Å². The number of nitrogens with one attached hydrogen (secondary N) is 1. The van der Waals surface area contributed by atoms with Crippen molar-refractivity contribution >= 4 is 5.97 Å². The van der Waals surface area contributed by atoms with Gasteiger partial charge in [0.25, 0.3) is 0 Å². The van der Waals surface area contributed by atoms with E-state index < -0.39 is 5.97 Å². The van der Waals surface area contributed by atoms with Crippen LogP contribution in [-0.2, 0) is 11.2 Å².